The molecule has 0 bridgehead atoms. The van der Waals surface area contributed by atoms with Crippen molar-refractivity contribution in [2.75, 3.05) is 5.32 Å². The maximum Gasteiger partial charge on any atom is 0.269 e. The zero-order chi connectivity index (χ0) is 23.1. The van der Waals surface area contributed by atoms with Crippen LogP contribution >= 0.6 is 0 Å². The molecule has 0 spiro atoms. The number of aromatic nitrogens is 6. The second kappa shape index (κ2) is 7.84. The lowest BCUT2D eigenvalue weighted by Crippen LogP contribution is -2.28. The summed E-state index contributed by atoms with van der Waals surface area (Å²) in [5.74, 6) is 0.720. The number of imidazole rings is 1. The molecule has 3 heterocycles. The second-order valence-corrected chi connectivity index (χ2v) is 7.35. The number of benzene rings is 2. The Kier molecular flexibility index (Phi) is 4.56. The first kappa shape index (κ1) is 18.6. The van der Waals surface area contributed by atoms with E-state index in [1.165, 1.54) is 16.7 Å². The molecule has 0 aliphatic rings. The van der Waals surface area contributed by atoms with Crippen molar-refractivity contribution >= 4 is 27.9 Å². The molecule has 8 nitrogen and oxygen atoms in total. The highest BCUT2D eigenvalue weighted by Crippen LogP contribution is 2.26. The van der Waals surface area contributed by atoms with E-state index in [4.69, 9.17) is 6.35 Å². The topological polar surface area (TPSA) is 101 Å². The maximum absolute atomic E-state index is 14.6. The Morgan fingerprint density at radius 2 is 1.97 bits per heavy atom. The first-order chi connectivity index (χ1) is 16.0. The smallest absolute Gasteiger partial charge is 0.269 e. The molecule has 32 heavy (non-hydrogen) atoms. The zero-order valence-corrected chi connectivity index (χ0v) is 17.4. The molecule has 0 saturated carbocycles. The molecule has 160 valence electrons. The van der Waals surface area contributed by atoms with E-state index in [1.54, 1.807) is 25.1 Å². The number of hydrogen-bond donors (Lipinski definition) is 2. The summed E-state index contributed by atoms with van der Waals surface area (Å²) in [7, 11) is 0. The van der Waals surface area contributed by atoms with Gasteiger partial charge in [0.15, 0.2) is 11.5 Å². The van der Waals surface area contributed by atoms with Crippen molar-refractivity contribution in [1.29, 1.82) is 0 Å². The Hall–Kier alpha value is -4.14. The molecular weight excluding hydrogens is 409 g/mol. The molecule has 0 fully saturated rings. The Bertz CT molecular complexity index is 1550. The third-order valence-electron chi connectivity index (χ3n) is 5.26. The molecule has 0 amide bonds. The predicted octanol–water partition coefficient (Wildman–Crippen LogP) is 4.06. The van der Waals surface area contributed by atoms with E-state index < -0.39 is 17.4 Å². The Morgan fingerprint density at radius 1 is 1.16 bits per heavy atom. The third kappa shape index (κ3) is 3.27. The Balaban J connectivity index is 1.74. The van der Waals surface area contributed by atoms with E-state index in [1.807, 2.05) is 25.1 Å². The van der Waals surface area contributed by atoms with Crippen molar-refractivity contribution in [3.63, 3.8) is 0 Å². The van der Waals surface area contributed by atoms with Crippen LogP contribution in [-0.4, -0.2) is 29.5 Å². The van der Waals surface area contributed by atoms with Crippen molar-refractivity contribution in [2.45, 2.75) is 26.3 Å². The summed E-state index contributed by atoms with van der Waals surface area (Å²) in [4.78, 5) is 33.9. The number of fused-ring (bicyclic) bond motifs is 2. The first-order valence-electron chi connectivity index (χ1n) is 10.7. The molecule has 9 heteroatoms. The van der Waals surface area contributed by atoms with Gasteiger partial charge in [-0.15, -0.1) is 0 Å². The highest BCUT2D eigenvalue weighted by molar-refractivity contribution is 5.83. The van der Waals surface area contributed by atoms with Crippen LogP contribution in [0.15, 0.2) is 59.6 Å². The Morgan fingerprint density at radius 3 is 2.75 bits per heavy atom. The molecule has 0 unspecified atom stereocenters. The minimum absolute atomic E-state index is 0.0264. The van der Waals surface area contributed by atoms with Crippen LogP contribution in [0.5, 0.6) is 0 Å². The monoisotopic (exact) mass is 430 g/mol. The number of hydrogen-bond acceptors (Lipinski definition) is 6. The molecule has 5 aromatic rings. The van der Waals surface area contributed by atoms with Crippen LogP contribution in [0.2, 0.25) is 0 Å². The number of halogens is 1. The lowest BCUT2D eigenvalue weighted by Gasteiger charge is -2.22. The summed E-state index contributed by atoms with van der Waals surface area (Å²) in [6.07, 6.45) is 0.518. The van der Waals surface area contributed by atoms with Gasteiger partial charge in [0.2, 0.25) is 0 Å². The Labute approximate surface area is 183 Å². The number of nitrogens with zero attached hydrogens (tertiary/aromatic N) is 5. The van der Waals surface area contributed by atoms with Gasteiger partial charge in [-0.1, -0.05) is 31.2 Å². The van der Waals surface area contributed by atoms with Gasteiger partial charge >= 0.3 is 0 Å². The fourth-order valence-corrected chi connectivity index (χ4v) is 3.78. The van der Waals surface area contributed by atoms with Gasteiger partial charge < -0.3 is 10.3 Å². The van der Waals surface area contributed by atoms with Crippen molar-refractivity contribution < 1.29 is 5.76 Å². The minimum Gasteiger partial charge on any atom is -0.358 e. The highest BCUT2D eigenvalue weighted by atomic mass is 19.1. The summed E-state index contributed by atoms with van der Waals surface area (Å²) < 4.78 is 23.9. The van der Waals surface area contributed by atoms with Crippen LogP contribution in [0.25, 0.3) is 27.8 Å². The van der Waals surface area contributed by atoms with E-state index in [2.05, 4.69) is 25.3 Å². The van der Waals surface area contributed by atoms with E-state index in [9.17, 15) is 9.18 Å². The second-order valence-electron chi connectivity index (χ2n) is 7.35. The molecule has 0 saturated heterocycles. The van der Waals surface area contributed by atoms with Gasteiger partial charge in [-0.2, -0.15) is 0 Å². The minimum atomic E-state index is -0.616. The average molecular weight is 430 g/mol. The fraction of sp³-hybridized carbons (Fsp3) is 0.174. The number of anilines is 1. The summed E-state index contributed by atoms with van der Waals surface area (Å²) >= 11 is 0. The number of para-hydroxylation sites is 1. The van der Waals surface area contributed by atoms with Gasteiger partial charge in [0, 0.05) is 0 Å². The lowest BCUT2D eigenvalue weighted by atomic mass is 10.1. The largest absolute Gasteiger partial charge is 0.358 e. The van der Waals surface area contributed by atoms with Gasteiger partial charge in [0.25, 0.3) is 5.56 Å². The van der Waals surface area contributed by atoms with E-state index in [-0.39, 0.29) is 17.2 Å². The predicted molar refractivity (Wildman–Crippen MR) is 120 cm³/mol. The van der Waals surface area contributed by atoms with Crippen LogP contribution in [0.4, 0.5) is 10.2 Å². The molecule has 2 aromatic carbocycles. The van der Waals surface area contributed by atoms with Gasteiger partial charge in [0.1, 0.15) is 29.7 Å². The molecule has 3 aromatic heterocycles. The van der Waals surface area contributed by atoms with Crippen LogP contribution < -0.4 is 10.9 Å². The number of aryl methyl sites for hydroxylation is 1. The van der Waals surface area contributed by atoms with Gasteiger partial charge in [-0.05, 0) is 37.6 Å². The van der Waals surface area contributed by atoms with Crippen molar-refractivity contribution in [3.05, 3.63) is 82.7 Å². The van der Waals surface area contributed by atoms with Gasteiger partial charge in [-0.3, -0.25) is 9.36 Å². The highest BCUT2D eigenvalue weighted by Gasteiger charge is 2.23. The normalized spacial score (nSPS) is 12.8. The summed E-state index contributed by atoms with van der Waals surface area (Å²) in [6.45, 7) is 3.69. The number of H-pyrrole nitrogens is 1. The van der Waals surface area contributed by atoms with Crippen LogP contribution in [-0.2, 0) is 0 Å². The van der Waals surface area contributed by atoms with Crippen molar-refractivity contribution in [2.24, 2.45) is 0 Å². The van der Waals surface area contributed by atoms with Crippen LogP contribution in [0.1, 0.15) is 32.4 Å². The fourth-order valence-electron chi connectivity index (χ4n) is 3.78. The SMILES string of the molecule is [2H]c1nc2c(N[C@@H](CC)c3nc4cccc(F)c4c(=O)n3-c3ccccc3)nc(C)nc2[nH]1. The van der Waals surface area contributed by atoms with E-state index >= 15 is 0 Å². The van der Waals surface area contributed by atoms with Crippen molar-refractivity contribution in [1.82, 2.24) is 29.5 Å². The van der Waals surface area contributed by atoms with Crippen molar-refractivity contribution in [3.8, 4) is 5.69 Å². The van der Waals surface area contributed by atoms with E-state index in [0.29, 0.717) is 40.7 Å². The number of aromatic amines is 1. The maximum atomic E-state index is 14.6. The summed E-state index contributed by atoms with van der Waals surface area (Å²) in [6, 6.07) is 13.0. The standard InChI is InChI=1S/C23H20FN7O/c1-3-16(29-21-19-20(26-12-25-19)27-13(2)28-21)22-30-17-11-7-10-15(24)18(17)23(32)31(22)14-8-5-4-6-9-14/h4-12,16H,3H2,1-2H3,(H2,25,26,27,28,29)/t16-/m0/s1/i12D. The average Bonchev–Trinajstić information content (AvgIpc) is 3.17. The molecule has 1 atom stereocenters. The van der Waals surface area contributed by atoms with Crippen LogP contribution in [0, 0.1) is 12.7 Å². The molecule has 0 aliphatic heterocycles. The molecule has 5 rings (SSSR count). The first-order valence-corrected chi connectivity index (χ1v) is 10.2. The molecular formula is C23H20FN7O. The van der Waals surface area contributed by atoms with Crippen LogP contribution in [0.3, 0.4) is 0 Å². The molecule has 0 aliphatic carbocycles. The zero-order valence-electron chi connectivity index (χ0n) is 18.4. The lowest BCUT2D eigenvalue weighted by molar-refractivity contribution is 0.630. The molecule has 2 N–H and O–H groups in total. The van der Waals surface area contributed by atoms with E-state index in [0.717, 1.165) is 0 Å². The number of nitrogens with one attached hydrogen (secondary N) is 2. The summed E-state index contributed by atoms with van der Waals surface area (Å²) in [5, 5.41) is 3.26. The molecule has 0 radical (unpaired) electrons. The quantitative estimate of drug-likeness (QED) is 0.436. The number of rotatable bonds is 5. The van der Waals surface area contributed by atoms with Gasteiger partial charge in [0.05, 0.1) is 23.5 Å². The summed E-state index contributed by atoms with van der Waals surface area (Å²) in [5.41, 5.74) is 1.23. The third-order valence-corrected chi connectivity index (χ3v) is 5.26. The van der Waals surface area contributed by atoms with Gasteiger partial charge in [-0.25, -0.2) is 24.3 Å².